The molecule has 2 aliphatic rings. The number of allylic oxidation sites excluding steroid dienone is 2. The molecular formula is C25H19Cl4NO. The maximum absolute atomic E-state index is 6.57. The van der Waals surface area contributed by atoms with Crippen LogP contribution in [0.1, 0.15) is 35.1 Å². The topological polar surface area (TPSA) is 21.3 Å². The number of nitrogens with one attached hydrogen (secondary N) is 1. The van der Waals surface area contributed by atoms with E-state index in [1.165, 1.54) is 5.56 Å². The van der Waals surface area contributed by atoms with E-state index in [1.54, 1.807) is 6.07 Å². The minimum absolute atomic E-state index is 0.111. The van der Waals surface area contributed by atoms with E-state index < -0.39 is 0 Å². The molecule has 31 heavy (non-hydrogen) atoms. The summed E-state index contributed by atoms with van der Waals surface area (Å²) in [5.41, 5.74) is 4.00. The molecule has 1 aliphatic heterocycles. The molecule has 0 fully saturated rings. The van der Waals surface area contributed by atoms with E-state index in [-0.39, 0.29) is 12.0 Å². The van der Waals surface area contributed by atoms with Crippen LogP contribution in [0.3, 0.4) is 0 Å². The van der Waals surface area contributed by atoms with Crippen molar-refractivity contribution in [3.05, 3.63) is 104 Å². The van der Waals surface area contributed by atoms with Crippen molar-refractivity contribution >= 4 is 52.1 Å². The van der Waals surface area contributed by atoms with Gasteiger partial charge in [0.05, 0.1) is 26.8 Å². The average Bonchev–Trinajstić information content (AvgIpc) is 3.26. The predicted molar refractivity (Wildman–Crippen MR) is 130 cm³/mol. The lowest BCUT2D eigenvalue weighted by Gasteiger charge is -2.38. The maximum atomic E-state index is 6.57. The van der Waals surface area contributed by atoms with Gasteiger partial charge in [-0.1, -0.05) is 88.9 Å². The third-order valence-electron chi connectivity index (χ3n) is 6.07. The molecule has 0 bridgehead atoms. The fourth-order valence-corrected chi connectivity index (χ4v) is 5.54. The first-order valence-corrected chi connectivity index (χ1v) is 11.6. The quantitative estimate of drug-likeness (QED) is 0.291. The number of benzene rings is 3. The molecule has 0 amide bonds. The van der Waals surface area contributed by atoms with Crippen LogP contribution in [0.25, 0.3) is 0 Å². The fraction of sp³-hybridized carbons (Fsp3) is 0.200. The highest BCUT2D eigenvalue weighted by atomic mass is 35.5. The highest BCUT2D eigenvalue weighted by Crippen LogP contribution is 2.55. The van der Waals surface area contributed by atoms with Crippen LogP contribution in [0.15, 0.2) is 66.7 Å². The molecule has 0 saturated carbocycles. The summed E-state index contributed by atoms with van der Waals surface area (Å²) in [6.45, 7) is 0.428. The average molecular weight is 491 g/mol. The standard InChI is InChI=1S/C25H19Cl4NO/c26-19-7-2-1-4-15(19)13-31-16-10-8-14(9-11-16)24-18-6-3-5-17(18)22-23(29)20(27)12-21(28)25(22)30-24/h1-5,7-12,17-18,24,30H,6,13H2/t17-,18+,24+/m1/s1. The lowest BCUT2D eigenvalue weighted by atomic mass is 9.77. The number of hydrogen-bond donors (Lipinski definition) is 1. The Morgan fingerprint density at radius 2 is 1.68 bits per heavy atom. The van der Waals surface area contributed by atoms with Gasteiger partial charge in [-0.05, 0) is 42.2 Å². The van der Waals surface area contributed by atoms with E-state index in [0.717, 1.165) is 29.0 Å². The molecule has 3 aromatic carbocycles. The van der Waals surface area contributed by atoms with Gasteiger partial charge in [0.1, 0.15) is 12.4 Å². The molecule has 0 spiro atoms. The van der Waals surface area contributed by atoms with Crippen molar-refractivity contribution in [2.75, 3.05) is 5.32 Å². The number of hydrogen-bond acceptors (Lipinski definition) is 2. The van der Waals surface area contributed by atoms with Gasteiger partial charge in [-0.2, -0.15) is 0 Å². The van der Waals surface area contributed by atoms with Crippen LogP contribution in [0.5, 0.6) is 5.75 Å². The SMILES string of the molecule is Clc1ccccc1COc1ccc([C@@H]2Nc3c(Cl)cc(Cl)c(Cl)c3[C@@H]3C=CC[C@@H]32)cc1. The molecular weight excluding hydrogens is 472 g/mol. The van der Waals surface area contributed by atoms with Crippen LogP contribution in [0.4, 0.5) is 5.69 Å². The van der Waals surface area contributed by atoms with Crippen LogP contribution < -0.4 is 10.1 Å². The summed E-state index contributed by atoms with van der Waals surface area (Å²) in [6.07, 6.45) is 5.40. The van der Waals surface area contributed by atoms with E-state index in [4.69, 9.17) is 51.1 Å². The molecule has 158 valence electrons. The molecule has 1 heterocycles. The lowest BCUT2D eigenvalue weighted by molar-refractivity contribution is 0.306. The second-order valence-electron chi connectivity index (χ2n) is 7.87. The Bertz CT molecular complexity index is 1160. The second-order valence-corrected chi connectivity index (χ2v) is 9.47. The van der Waals surface area contributed by atoms with E-state index >= 15 is 0 Å². The van der Waals surface area contributed by atoms with E-state index in [0.29, 0.717) is 32.6 Å². The Labute approximate surface area is 201 Å². The molecule has 5 rings (SSSR count). The van der Waals surface area contributed by atoms with Crippen molar-refractivity contribution in [2.24, 2.45) is 5.92 Å². The molecule has 0 unspecified atom stereocenters. The molecule has 1 aliphatic carbocycles. The number of anilines is 1. The van der Waals surface area contributed by atoms with Crippen molar-refractivity contribution in [2.45, 2.75) is 25.0 Å². The Morgan fingerprint density at radius 1 is 0.903 bits per heavy atom. The van der Waals surface area contributed by atoms with Gasteiger partial charge < -0.3 is 10.1 Å². The number of rotatable bonds is 4. The van der Waals surface area contributed by atoms with Gasteiger partial charge >= 0.3 is 0 Å². The van der Waals surface area contributed by atoms with Gasteiger partial charge in [-0.15, -0.1) is 0 Å². The normalized spacial score (nSPS) is 21.4. The summed E-state index contributed by atoms with van der Waals surface area (Å²) in [7, 11) is 0. The third kappa shape index (κ3) is 3.91. The van der Waals surface area contributed by atoms with E-state index in [2.05, 4.69) is 29.6 Å². The smallest absolute Gasteiger partial charge is 0.119 e. The summed E-state index contributed by atoms with van der Waals surface area (Å²) in [5.74, 6) is 1.32. The van der Waals surface area contributed by atoms with E-state index in [1.807, 2.05) is 36.4 Å². The number of fused-ring (bicyclic) bond motifs is 3. The summed E-state index contributed by atoms with van der Waals surface area (Å²) in [4.78, 5) is 0. The third-order valence-corrected chi connectivity index (χ3v) is 7.54. The first-order chi connectivity index (χ1) is 15.0. The van der Waals surface area contributed by atoms with Crippen molar-refractivity contribution in [3.63, 3.8) is 0 Å². The Kier molecular flexibility index (Phi) is 5.83. The molecule has 6 heteroatoms. The van der Waals surface area contributed by atoms with Crippen molar-refractivity contribution in [1.82, 2.24) is 0 Å². The Morgan fingerprint density at radius 3 is 2.45 bits per heavy atom. The summed E-state index contributed by atoms with van der Waals surface area (Å²) in [5, 5.41) is 6.00. The largest absolute Gasteiger partial charge is 0.489 e. The van der Waals surface area contributed by atoms with E-state index in [9.17, 15) is 0 Å². The van der Waals surface area contributed by atoms with Gasteiger partial charge in [0, 0.05) is 22.1 Å². The summed E-state index contributed by atoms with van der Waals surface area (Å²) >= 11 is 25.6. The first-order valence-electron chi connectivity index (χ1n) is 10.1. The second kappa shape index (κ2) is 8.60. The van der Waals surface area contributed by atoms with Crippen LogP contribution in [-0.4, -0.2) is 0 Å². The van der Waals surface area contributed by atoms with Crippen molar-refractivity contribution < 1.29 is 4.74 Å². The van der Waals surface area contributed by atoms with Crippen LogP contribution >= 0.6 is 46.4 Å². The van der Waals surface area contributed by atoms with Crippen molar-refractivity contribution in [3.8, 4) is 5.75 Å². The van der Waals surface area contributed by atoms with Crippen LogP contribution in [0.2, 0.25) is 20.1 Å². The molecule has 0 aromatic heterocycles. The monoisotopic (exact) mass is 489 g/mol. The first kappa shape index (κ1) is 21.0. The van der Waals surface area contributed by atoms with Gasteiger partial charge in [-0.25, -0.2) is 0 Å². The van der Waals surface area contributed by atoms with Crippen LogP contribution in [0, 0.1) is 5.92 Å². The molecule has 0 saturated heterocycles. The minimum atomic E-state index is 0.111. The zero-order valence-electron chi connectivity index (χ0n) is 16.4. The molecule has 3 atom stereocenters. The van der Waals surface area contributed by atoms with Gasteiger partial charge in [0.15, 0.2) is 0 Å². The summed E-state index contributed by atoms with van der Waals surface area (Å²) in [6, 6.07) is 17.7. The fourth-order valence-electron chi connectivity index (χ4n) is 4.54. The molecule has 1 N–H and O–H groups in total. The zero-order valence-corrected chi connectivity index (χ0v) is 19.4. The van der Waals surface area contributed by atoms with Crippen LogP contribution in [-0.2, 0) is 6.61 Å². The maximum Gasteiger partial charge on any atom is 0.119 e. The molecule has 3 aromatic rings. The Balaban J connectivity index is 1.39. The van der Waals surface area contributed by atoms with Gasteiger partial charge in [0.25, 0.3) is 0 Å². The molecule has 0 radical (unpaired) electrons. The van der Waals surface area contributed by atoms with Gasteiger partial charge in [0.2, 0.25) is 0 Å². The van der Waals surface area contributed by atoms with Gasteiger partial charge in [-0.3, -0.25) is 0 Å². The zero-order chi connectivity index (χ0) is 21.5. The highest BCUT2D eigenvalue weighted by Gasteiger charge is 2.40. The number of halogens is 4. The summed E-state index contributed by atoms with van der Waals surface area (Å²) < 4.78 is 5.94. The Hall–Kier alpha value is -1.84. The lowest BCUT2D eigenvalue weighted by Crippen LogP contribution is -2.29. The molecule has 2 nitrogen and oxygen atoms in total. The minimum Gasteiger partial charge on any atom is -0.489 e. The highest BCUT2D eigenvalue weighted by molar-refractivity contribution is 6.44. The van der Waals surface area contributed by atoms with Crippen molar-refractivity contribution in [1.29, 1.82) is 0 Å². The predicted octanol–water partition coefficient (Wildman–Crippen LogP) is 8.71. The number of ether oxygens (including phenoxy) is 1.